The Morgan fingerprint density at radius 3 is 2.34 bits per heavy atom. The highest BCUT2D eigenvalue weighted by Gasteiger charge is 2.32. The number of hydrogen-bond acceptors (Lipinski definition) is 5. The molecule has 2 unspecified atom stereocenters. The van der Waals surface area contributed by atoms with Crippen LogP contribution in [0.3, 0.4) is 0 Å². The van der Waals surface area contributed by atoms with Gasteiger partial charge in [0.05, 0.1) is 12.5 Å². The number of amides is 2. The van der Waals surface area contributed by atoms with Gasteiger partial charge in [-0.2, -0.15) is 0 Å². The van der Waals surface area contributed by atoms with Gasteiger partial charge in [-0.15, -0.1) is 0 Å². The average Bonchev–Trinajstić information content (AvgIpc) is 3.36. The first-order valence-electron chi connectivity index (χ1n) is 10.7. The molecule has 2 aromatic carbocycles. The van der Waals surface area contributed by atoms with Crippen molar-refractivity contribution >= 4 is 11.8 Å². The lowest BCUT2D eigenvalue weighted by Gasteiger charge is -2.44. The zero-order valence-electron chi connectivity index (χ0n) is 18.2. The molecule has 4 rings (SSSR count). The molecule has 0 saturated carbocycles. The topological polar surface area (TPSA) is 86.0 Å². The fraction of sp³-hybridized carbons (Fsp3) is 0.280. The van der Waals surface area contributed by atoms with E-state index in [0.717, 1.165) is 23.2 Å². The normalized spacial score (nSPS) is 19.0. The van der Waals surface area contributed by atoms with E-state index in [9.17, 15) is 9.59 Å². The molecule has 32 heavy (non-hydrogen) atoms. The van der Waals surface area contributed by atoms with Crippen LogP contribution in [0.5, 0.6) is 0 Å². The molecule has 0 bridgehead atoms. The zero-order chi connectivity index (χ0) is 22.7. The van der Waals surface area contributed by atoms with Gasteiger partial charge in [-0.3, -0.25) is 19.7 Å². The number of rotatable bonds is 5. The zero-order valence-corrected chi connectivity index (χ0v) is 18.2. The number of carbonyl (C=O) groups is 2. The number of benzene rings is 2. The molecule has 7 nitrogen and oxygen atoms in total. The van der Waals surface area contributed by atoms with Gasteiger partial charge in [0.15, 0.2) is 0 Å². The summed E-state index contributed by atoms with van der Waals surface area (Å²) in [5.74, 6) is -0.490. The SMILES string of the molecule is CC1CN(C(=O)c2cccc(-c3ccoc3)c2)CC(C)N1Cc1ccc(C(=O)NO)cc1. The van der Waals surface area contributed by atoms with E-state index in [-0.39, 0.29) is 18.0 Å². The molecule has 2 heterocycles. The predicted molar refractivity (Wildman–Crippen MR) is 120 cm³/mol. The maximum Gasteiger partial charge on any atom is 0.274 e. The summed E-state index contributed by atoms with van der Waals surface area (Å²) in [7, 11) is 0. The van der Waals surface area contributed by atoms with E-state index in [2.05, 4.69) is 18.7 Å². The third kappa shape index (κ3) is 4.59. The van der Waals surface area contributed by atoms with Gasteiger partial charge in [-0.1, -0.05) is 24.3 Å². The molecule has 1 fully saturated rings. The number of piperazine rings is 1. The molecule has 2 atom stereocenters. The van der Waals surface area contributed by atoms with Crippen LogP contribution in [0, 0.1) is 0 Å². The molecular weight excluding hydrogens is 406 g/mol. The molecule has 166 valence electrons. The second kappa shape index (κ2) is 9.38. The fourth-order valence-electron chi connectivity index (χ4n) is 4.31. The number of nitrogens with zero attached hydrogens (tertiary/aromatic N) is 2. The standard InChI is InChI=1S/C25H27N3O4/c1-17-13-27(25(30)22-5-3-4-21(12-22)23-10-11-32-16-23)14-18(2)28(17)15-19-6-8-20(9-7-19)24(29)26-31/h3-12,16-18,31H,13-15H2,1-2H3,(H,26,29). The third-order valence-corrected chi connectivity index (χ3v) is 6.04. The Morgan fingerprint density at radius 2 is 1.72 bits per heavy atom. The first kappa shape index (κ1) is 21.8. The molecule has 0 radical (unpaired) electrons. The molecular formula is C25H27N3O4. The summed E-state index contributed by atoms with van der Waals surface area (Å²) < 4.78 is 5.17. The van der Waals surface area contributed by atoms with E-state index in [4.69, 9.17) is 9.62 Å². The molecule has 0 spiro atoms. The van der Waals surface area contributed by atoms with Crippen molar-refractivity contribution in [2.45, 2.75) is 32.5 Å². The van der Waals surface area contributed by atoms with Gasteiger partial charge in [0, 0.05) is 48.4 Å². The lowest BCUT2D eigenvalue weighted by molar-refractivity contribution is 0.0270. The number of furan rings is 1. The van der Waals surface area contributed by atoms with Crippen LogP contribution in [-0.4, -0.2) is 52.0 Å². The van der Waals surface area contributed by atoms with Crippen molar-refractivity contribution in [1.82, 2.24) is 15.3 Å². The minimum atomic E-state index is -0.526. The van der Waals surface area contributed by atoms with E-state index >= 15 is 0 Å². The molecule has 2 amide bonds. The highest BCUT2D eigenvalue weighted by molar-refractivity contribution is 5.95. The van der Waals surface area contributed by atoms with Gasteiger partial charge in [0.1, 0.15) is 0 Å². The van der Waals surface area contributed by atoms with Gasteiger partial charge in [0.25, 0.3) is 11.8 Å². The number of hydroxylamine groups is 1. The van der Waals surface area contributed by atoms with Crippen LogP contribution in [0.25, 0.3) is 11.1 Å². The Kier molecular flexibility index (Phi) is 6.39. The van der Waals surface area contributed by atoms with Crippen molar-refractivity contribution in [3.8, 4) is 11.1 Å². The second-order valence-corrected chi connectivity index (χ2v) is 8.31. The van der Waals surface area contributed by atoms with Crippen LogP contribution in [0.2, 0.25) is 0 Å². The van der Waals surface area contributed by atoms with Crippen LogP contribution >= 0.6 is 0 Å². The quantitative estimate of drug-likeness (QED) is 0.472. The van der Waals surface area contributed by atoms with Crippen LogP contribution in [-0.2, 0) is 6.54 Å². The Balaban J connectivity index is 1.43. The maximum absolute atomic E-state index is 13.2. The highest BCUT2D eigenvalue weighted by Crippen LogP contribution is 2.24. The van der Waals surface area contributed by atoms with Crippen molar-refractivity contribution in [3.05, 3.63) is 83.8 Å². The van der Waals surface area contributed by atoms with Crippen LogP contribution in [0.15, 0.2) is 71.5 Å². The summed E-state index contributed by atoms with van der Waals surface area (Å²) >= 11 is 0. The molecule has 7 heteroatoms. The van der Waals surface area contributed by atoms with Crippen molar-refractivity contribution in [2.24, 2.45) is 0 Å². The van der Waals surface area contributed by atoms with Gasteiger partial charge in [-0.05, 0) is 55.3 Å². The summed E-state index contributed by atoms with van der Waals surface area (Å²) in [6.45, 7) is 6.27. The first-order valence-corrected chi connectivity index (χ1v) is 10.7. The van der Waals surface area contributed by atoms with Gasteiger partial charge >= 0.3 is 0 Å². The minimum absolute atomic E-state index is 0.0352. The minimum Gasteiger partial charge on any atom is -0.472 e. The van der Waals surface area contributed by atoms with E-state index in [0.29, 0.717) is 24.2 Å². The van der Waals surface area contributed by atoms with Crippen molar-refractivity contribution in [3.63, 3.8) is 0 Å². The first-order chi connectivity index (χ1) is 15.5. The van der Waals surface area contributed by atoms with Crippen molar-refractivity contribution in [1.29, 1.82) is 0 Å². The van der Waals surface area contributed by atoms with Gasteiger partial charge in [-0.25, -0.2) is 5.48 Å². The third-order valence-electron chi connectivity index (χ3n) is 6.04. The van der Waals surface area contributed by atoms with Gasteiger partial charge < -0.3 is 9.32 Å². The average molecular weight is 434 g/mol. The number of carbonyl (C=O) groups excluding carboxylic acids is 2. The largest absolute Gasteiger partial charge is 0.472 e. The summed E-state index contributed by atoms with van der Waals surface area (Å²) in [6, 6.07) is 17.1. The van der Waals surface area contributed by atoms with E-state index in [1.54, 1.807) is 30.1 Å². The Morgan fingerprint density at radius 1 is 1.00 bits per heavy atom. The Bertz CT molecular complexity index is 1070. The van der Waals surface area contributed by atoms with E-state index in [1.165, 1.54) is 0 Å². The lowest BCUT2D eigenvalue weighted by atomic mass is 10.0. The summed E-state index contributed by atoms with van der Waals surface area (Å²) in [4.78, 5) is 29.0. The highest BCUT2D eigenvalue weighted by atomic mass is 16.5. The monoisotopic (exact) mass is 433 g/mol. The Hall–Kier alpha value is -3.42. The van der Waals surface area contributed by atoms with Gasteiger partial charge in [0.2, 0.25) is 0 Å². The molecule has 2 N–H and O–H groups in total. The summed E-state index contributed by atoms with van der Waals surface area (Å²) in [5.41, 5.74) is 5.72. The van der Waals surface area contributed by atoms with Crippen LogP contribution < -0.4 is 5.48 Å². The smallest absolute Gasteiger partial charge is 0.274 e. The number of hydrogen-bond donors (Lipinski definition) is 2. The molecule has 1 aliphatic rings. The van der Waals surface area contributed by atoms with E-state index in [1.807, 2.05) is 47.4 Å². The van der Waals surface area contributed by atoms with E-state index < -0.39 is 5.91 Å². The molecule has 1 aliphatic heterocycles. The van der Waals surface area contributed by atoms with Crippen molar-refractivity contribution < 1.29 is 19.2 Å². The molecule has 1 saturated heterocycles. The predicted octanol–water partition coefficient (Wildman–Crippen LogP) is 3.80. The molecule has 0 aliphatic carbocycles. The van der Waals surface area contributed by atoms with Crippen LogP contribution in [0.1, 0.15) is 40.1 Å². The fourth-order valence-corrected chi connectivity index (χ4v) is 4.31. The van der Waals surface area contributed by atoms with Crippen LogP contribution in [0.4, 0.5) is 0 Å². The Labute approximate surface area is 187 Å². The maximum atomic E-state index is 13.2. The summed E-state index contributed by atoms with van der Waals surface area (Å²) in [5, 5.41) is 8.76. The number of nitrogens with one attached hydrogen (secondary N) is 1. The molecule has 1 aromatic heterocycles. The molecule has 3 aromatic rings. The van der Waals surface area contributed by atoms with Crippen molar-refractivity contribution in [2.75, 3.05) is 13.1 Å². The second-order valence-electron chi connectivity index (χ2n) is 8.31. The lowest BCUT2D eigenvalue weighted by Crippen LogP contribution is -2.57. The summed E-state index contributed by atoms with van der Waals surface area (Å²) in [6.07, 6.45) is 3.30.